The summed E-state index contributed by atoms with van der Waals surface area (Å²) < 4.78 is 0. The Labute approximate surface area is 197 Å². The van der Waals surface area contributed by atoms with Gasteiger partial charge in [0, 0.05) is 18.8 Å². The average Bonchev–Trinajstić information content (AvgIpc) is 3.00. The van der Waals surface area contributed by atoms with Crippen LogP contribution in [0.2, 0.25) is 0 Å². The molecular weight excluding hydrogens is 375 g/mol. The van der Waals surface area contributed by atoms with Gasteiger partial charge in [-0.15, -0.1) is 0 Å². The minimum absolute atomic E-state index is 0. The molecular formula is C24H37NaO4. The topological polar surface area (TPSA) is 77.4 Å². The molecule has 0 aromatic carbocycles. The quantitative estimate of drug-likeness (QED) is 0.677. The van der Waals surface area contributed by atoms with Crippen LogP contribution in [0.15, 0.2) is 0 Å². The van der Waals surface area contributed by atoms with Crippen LogP contribution < -0.4 is 34.7 Å². The summed E-state index contributed by atoms with van der Waals surface area (Å²) in [6, 6.07) is 0. The summed E-state index contributed by atoms with van der Waals surface area (Å²) in [5.74, 6) is 2.40. The Morgan fingerprint density at radius 2 is 1.93 bits per heavy atom. The number of carbonyl (C=O) groups is 2. The summed E-state index contributed by atoms with van der Waals surface area (Å²) in [6.45, 7) is 6.88. The van der Waals surface area contributed by atoms with Crippen molar-refractivity contribution in [1.82, 2.24) is 0 Å². The number of rotatable bonds is 4. The minimum atomic E-state index is -0.964. The molecule has 4 aliphatic carbocycles. The monoisotopic (exact) mass is 412 g/mol. The molecule has 9 atom stereocenters. The van der Waals surface area contributed by atoms with Crippen molar-refractivity contribution in [2.75, 3.05) is 0 Å². The van der Waals surface area contributed by atoms with Crippen molar-refractivity contribution in [2.24, 2.45) is 46.3 Å². The standard InChI is InChI=1S/C24H38O4.Na/c1-14(4-9-22(27)28)18-7-8-19-17-6-5-15-12-16(25)10-11-23(15,2)20(17)13-21(26)24(18,19)3;/h14-15,17-21,26H,4-13H2,1-3H3,(H,27,28);/q;+1/p-1/t14-,15?,17+,18-,19+,20+,21?,23+,24-;/m1./s1. The molecule has 0 aromatic heterocycles. The zero-order chi connectivity index (χ0) is 20.3. The largest absolute Gasteiger partial charge is 1.00 e. The summed E-state index contributed by atoms with van der Waals surface area (Å²) in [7, 11) is 0. The molecule has 4 rings (SSSR count). The number of fused-ring (bicyclic) bond motifs is 5. The van der Waals surface area contributed by atoms with E-state index in [9.17, 15) is 19.8 Å². The Balaban J connectivity index is 0.00000240. The van der Waals surface area contributed by atoms with Crippen LogP contribution >= 0.6 is 0 Å². The van der Waals surface area contributed by atoms with E-state index in [0.717, 1.165) is 44.9 Å². The van der Waals surface area contributed by atoms with Gasteiger partial charge in [-0.1, -0.05) is 20.8 Å². The van der Waals surface area contributed by atoms with Crippen molar-refractivity contribution >= 4 is 11.8 Å². The van der Waals surface area contributed by atoms with Gasteiger partial charge in [-0.05, 0) is 97.7 Å². The summed E-state index contributed by atoms with van der Waals surface area (Å²) in [5.41, 5.74) is 0.109. The Bertz CT molecular complexity index is 651. The van der Waals surface area contributed by atoms with Gasteiger partial charge in [0.15, 0.2) is 0 Å². The van der Waals surface area contributed by atoms with Crippen molar-refractivity contribution < 1.29 is 49.4 Å². The van der Waals surface area contributed by atoms with Gasteiger partial charge in [-0.25, -0.2) is 0 Å². The van der Waals surface area contributed by atoms with Crippen LogP contribution in [0.5, 0.6) is 0 Å². The van der Waals surface area contributed by atoms with Crippen molar-refractivity contribution in [3.8, 4) is 0 Å². The summed E-state index contributed by atoms with van der Waals surface area (Å²) >= 11 is 0. The van der Waals surface area contributed by atoms with Gasteiger partial charge in [-0.3, -0.25) is 4.79 Å². The number of hydrogen-bond donors (Lipinski definition) is 1. The molecule has 0 radical (unpaired) electrons. The van der Waals surface area contributed by atoms with E-state index in [1.807, 2.05) is 0 Å². The molecule has 0 spiro atoms. The number of hydrogen-bond acceptors (Lipinski definition) is 4. The fourth-order valence-corrected chi connectivity index (χ4v) is 8.52. The molecule has 0 aliphatic heterocycles. The van der Waals surface area contributed by atoms with Crippen LogP contribution in [-0.2, 0) is 9.59 Å². The molecule has 158 valence electrons. The second-order valence-electron chi connectivity index (χ2n) is 11.1. The van der Waals surface area contributed by atoms with Crippen LogP contribution in [0.4, 0.5) is 0 Å². The van der Waals surface area contributed by atoms with Crippen LogP contribution in [0.1, 0.15) is 85.0 Å². The predicted molar refractivity (Wildman–Crippen MR) is 105 cm³/mol. The van der Waals surface area contributed by atoms with E-state index in [2.05, 4.69) is 20.8 Å². The molecule has 5 heteroatoms. The predicted octanol–water partition coefficient (Wildman–Crippen LogP) is 0.355. The normalized spacial score (nSPS) is 47.4. The van der Waals surface area contributed by atoms with Crippen LogP contribution in [0.25, 0.3) is 0 Å². The Morgan fingerprint density at radius 1 is 1.21 bits per heavy atom. The van der Waals surface area contributed by atoms with Gasteiger partial charge in [0.05, 0.1) is 6.10 Å². The molecule has 0 saturated heterocycles. The SMILES string of the molecule is C[C@H](CCC(=O)[O-])[C@H]1CC[C@H]2[C@@H]3CCC4CC(=O)CC[C@]4(C)[C@H]3CC(O)[C@]12C.[Na+]. The first kappa shape index (κ1) is 23.8. The molecule has 4 aliphatic rings. The van der Waals surface area contributed by atoms with E-state index in [0.29, 0.717) is 47.7 Å². The summed E-state index contributed by atoms with van der Waals surface area (Å²) in [4.78, 5) is 23.0. The van der Waals surface area contributed by atoms with E-state index in [4.69, 9.17) is 0 Å². The number of Topliss-reactive ketones (excluding diaryl/α,β-unsaturated/α-hetero) is 1. The van der Waals surface area contributed by atoms with Crippen molar-refractivity contribution in [3.63, 3.8) is 0 Å². The summed E-state index contributed by atoms with van der Waals surface area (Å²) in [5, 5.41) is 22.4. The molecule has 4 nitrogen and oxygen atoms in total. The number of ketones is 1. The molecule has 0 amide bonds. The second-order valence-corrected chi connectivity index (χ2v) is 11.1. The van der Waals surface area contributed by atoms with Crippen LogP contribution in [-0.4, -0.2) is 23.0 Å². The molecule has 2 unspecified atom stereocenters. The third-order valence-electron chi connectivity index (χ3n) is 10.2. The number of aliphatic carboxylic acids is 1. The van der Waals surface area contributed by atoms with E-state index in [1.165, 1.54) is 6.42 Å². The maximum absolute atomic E-state index is 12.0. The van der Waals surface area contributed by atoms with E-state index in [-0.39, 0.29) is 52.9 Å². The first-order chi connectivity index (χ1) is 13.2. The van der Waals surface area contributed by atoms with Gasteiger partial charge in [0.1, 0.15) is 5.78 Å². The molecule has 29 heavy (non-hydrogen) atoms. The third kappa shape index (κ3) is 3.79. The fraction of sp³-hybridized carbons (Fsp3) is 0.917. The molecule has 4 fully saturated rings. The molecule has 1 N–H and O–H groups in total. The van der Waals surface area contributed by atoms with Crippen molar-refractivity contribution in [3.05, 3.63) is 0 Å². The molecule has 0 aromatic rings. The van der Waals surface area contributed by atoms with Gasteiger partial charge in [0.2, 0.25) is 0 Å². The number of carboxylic acid groups (broad SMARTS) is 1. The van der Waals surface area contributed by atoms with Gasteiger partial charge in [0.25, 0.3) is 0 Å². The molecule has 0 heterocycles. The van der Waals surface area contributed by atoms with Crippen molar-refractivity contribution in [1.29, 1.82) is 0 Å². The maximum atomic E-state index is 12.0. The van der Waals surface area contributed by atoms with Crippen LogP contribution in [0.3, 0.4) is 0 Å². The van der Waals surface area contributed by atoms with E-state index < -0.39 is 5.97 Å². The first-order valence-electron chi connectivity index (χ1n) is 11.6. The zero-order valence-electron chi connectivity index (χ0n) is 18.8. The number of aliphatic hydroxyl groups is 1. The Hall–Kier alpha value is 0.1000. The summed E-state index contributed by atoms with van der Waals surface area (Å²) in [6.07, 6.45) is 8.42. The number of carbonyl (C=O) groups excluding carboxylic acids is 2. The van der Waals surface area contributed by atoms with Gasteiger partial charge < -0.3 is 15.0 Å². The first-order valence-corrected chi connectivity index (χ1v) is 11.6. The van der Waals surface area contributed by atoms with Gasteiger partial charge >= 0.3 is 29.6 Å². The maximum Gasteiger partial charge on any atom is 1.00 e. The Kier molecular flexibility index (Phi) is 7.01. The Morgan fingerprint density at radius 3 is 2.62 bits per heavy atom. The third-order valence-corrected chi connectivity index (χ3v) is 10.2. The van der Waals surface area contributed by atoms with Crippen LogP contribution in [0, 0.1) is 46.3 Å². The van der Waals surface area contributed by atoms with Gasteiger partial charge in [-0.2, -0.15) is 0 Å². The number of carboxylic acids is 1. The minimum Gasteiger partial charge on any atom is -0.550 e. The zero-order valence-corrected chi connectivity index (χ0v) is 20.8. The second kappa shape index (κ2) is 8.56. The van der Waals surface area contributed by atoms with Crippen molar-refractivity contribution in [2.45, 2.75) is 91.1 Å². The van der Waals surface area contributed by atoms with E-state index >= 15 is 0 Å². The van der Waals surface area contributed by atoms with E-state index in [1.54, 1.807) is 0 Å². The average molecular weight is 413 g/mol. The molecule has 0 bridgehead atoms. The molecule has 4 saturated carbocycles. The fourth-order valence-electron chi connectivity index (χ4n) is 8.52. The number of aliphatic hydroxyl groups excluding tert-OH is 1. The smallest absolute Gasteiger partial charge is 0.550 e.